The van der Waals surface area contributed by atoms with Crippen LogP contribution < -0.4 is 4.80 Å². The van der Waals surface area contributed by atoms with E-state index in [2.05, 4.69) is 10.1 Å². The van der Waals surface area contributed by atoms with Crippen LogP contribution in [0.1, 0.15) is 16.2 Å². The van der Waals surface area contributed by atoms with Gasteiger partial charge >= 0.3 is 5.91 Å². The summed E-state index contributed by atoms with van der Waals surface area (Å²) in [6, 6.07) is 6.03. The molecule has 0 bridgehead atoms. The number of amides is 1. The van der Waals surface area contributed by atoms with Crippen LogP contribution in [-0.4, -0.2) is 34.3 Å². The van der Waals surface area contributed by atoms with Crippen LogP contribution in [0.3, 0.4) is 0 Å². The number of hydrogen-bond donors (Lipinski definition) is 0. The summed E-state index contributed by atoms with van der Waals surface area (Å²) in [5.74, 6) is -0.0261. The van der Waals surface area contributed by atoms with Gasteiger partial charge in [0.2, 0.25) is 0 Å². The predicted molar refractivity (Wildman–Crippen MR) is 89.5 cm³/mol. The number of ether oxygens (including phenoxy) is 1. The van der Waals surface area contributed by atoms with Crippen molar-refractivity contribution in [3.05, 3.63) is 50.6 Å². The van der Waals surface area contributed by atoms with E-state index in [1.165, 1.54) is 29.5 Å². The minimum Gasteiger partial charge on any atom is -0.383 e. The molecular weight excluding hydrogens is 348 g/mol. The second-order valence-electron chi connectivity index (χ2n) is 5.18. The number of nitro groups is 1. The molecule has 0 aliphatic heterocycles. The van der Waals surface area contributed by atoms with Gasteiger partial charge in [-0.2, -0.15) is 4.99 Å². The van der Waals surface area contributed by atoms with E-state index in [0.29, 0.717) is 29.2 Å². The maximum atomic E-state index is 12.3. The van der Waals surface area contributed by atoms with Gasteiger partial charge in [-0.25, -0.2) is 0 Å². The van der Waals surface area contributed by atoms with Crippen molar-refractivity contribution in [1.29, 1.82) is 0 Å². The minimum atomic E-state index is -0.538. The Morgan fingerprint density at radius 1 is 1.48 bits per heavy atom. The Bertz CT molecular complexity index is 1020. The molecule has 25 heavy (non-hydrogen) atoms. The standard InChI is InChI=1S/C15H14N4O5S/c1-9-7-11(17-24-9)14(20)16-15-18(5-6-23-2)12-8-10(19(21)22)3-4-13(12)25-15/h3-4,7-8H,5-6H2,1-2H3. The third-order valence-electron chi connectivity index (χ3n) is 3.44. The summed E-state index contributed by atoms with van der Waals surface area (Å²) >= 11 is 1.26. The Hall–Kier alpha value is -2.85. The Kier molecular flexibility index (Phi) is 4.72. The van der Waals surface area contributed by atoms with Crippen LogP contribution >= 0.6 is 11.3 Å². The lowest BCUT2D eigenvalue weighted by Gasteiger charge is -2.03. The Labute approximate surface area is 145 Å². The third-order valence-corrected chi connectivity index (χ3v) is 4.50. The molecule has 0 spiro atoms. The SMILES string of the molecule is COCCn1c(=NC(=O)c2cc(C)on2)sc2ccc([N+](=O)[O-])cc21. The lowest BCUT2D eigenvalue weighted by atomic mass is 10.3. The molecule has 0 unspecified atom stereocenters. The van der Waals surface area contributed by atoms with Gasteiger partial charge < -0.3 is 13.8 Å². The molecule has 0 radical (unpaired) electrons. The summed E-state index contributed by atoms with van der Waals surface area (Å²) in [4.78, 5) is 27.3. The number of hydrogen-bond acceptors (Lipinski definition) is 7. The van der Waals surface area contributed by atoms with E-state index in [9.17, 15) is 14.9 Å². The zero-order valence-corrected chi connectivity index (χ0v) is 14.3. The number of methoxy groups -OCH3 is 1. The average molecular weight is 362 g/mol. The van der Waals surface area contributed by atoms with Gasteiger partial charge in [0, 0.05) is 31.9 Å². The number of aryl methyl sites for hydroxylation is 1. The van der Waals surface area contributed by atoms with E-state index in [0.717, 1.165) is 4.70 Å². The van der Waals surface area contributed by atoms with E-state index in [4.69, 9.17) is 9.26 Å². The largest absolute Gasteiger partial charge is 0.383 e. The molecule has 0 saturated carbocycles. The molecule has 0 atom stereocenters. The molecule has 2 heterocycles. The van der Waals surface area contributed by atoms with Crippen LogP contribution in [0.15, 0.2) is 33.8 Å². The van der Waals surface area contributed by atoms with Crippen LogP contribution in [0, 0.1) is 17.0 Å². The smallest absolute Gasteiger partial charge is 0.301 e. The van der Waals surface area contributed by atoms with Gasteiger partial charge in [-0.05, 0) is 13.0 Å². The first-order valence-corrected chi connectivity index (χ1v) is 8.10. The summed E-state index contributed by atoms with van der Waals surface area (Å²) in [7, 11) is 1.55. The van der Waals surface area contributed by atoms with E-state index in [-0.39, 0.29) is 11.4 Å². The van der Waals surface area contributed by atoms with Gasteiger partial charge in [0.25, 0.3) is 5.69 Å². The normalized spacial score (nSPS) is 12.0. The zero-order chi connectivity index (χ0) is 18.0. The average Bonchev–Trinajstić information content (AvgIpc) is 3.15. The first-order chi connectivity index (χ1) is 12.0. The first kappa shape index (κ1) is 17.0. The van der Waals surface area contributed by atoms with Crippen LogP contribution in [-0.2, 0) is 11.3 Å². The van der Waals surface area contributed by atoms with E-state index >= 15 is 0 Å². The molecule has 3 rings (SSSR count). The predicted octanol–water partition coefficient (Wildman–Crippen LogP) is 2.29. The van der Waals surface area contributed by atoms with Crippen molar-refractivity contribution in [2.75, 3.05) is 13.7 Å². The number of carbonyl (C=O) groups excluding carboxylic acids is 1. The highest BCUT2D eigenvalue weighted by atomic mass is 32.1. The van der Waals surface area contributed by atoms with Crippen molar-refractivity contribution >= 4 is 33.1 Å². The second kappa shape index (κ2) is 6.95. The number of non-ortho nitro benzene ring substituents is 1. The van der Waals surface area contributed by atoms with Gasteiger partial charge in [-0.3, -0.25) is 14.9 Å². The van der Waals surface area contributed by atoms with E-state index < -0.39 is 10.8 Å². The molecule has 130 valence electrons. The van der Waals surface area contributed by atoms with Crippen LogP contribution in [0.2, 0.25) is 0 Å². The van der Waals surface area contributed by atoms with Crippen molar-refractivity contribution in [2.45, 2.75) is 13.5 Å². The zero-order valence-electron chi connectivity index (χ0n) is 13.5. The Morgan fingerprint density at radius 2 is 2.28 bits per heavy atom. The number of rotatable bonds is 5. The maximum Gasteiger partial charge on any atom is 0.301 e. The fourth-order valence-electron chi connectivity index (χ4n) is 2.27. The molecule has 10 heteroatoms. The lowest BCUT2D eigenvalue weighted by molar-refractivity contribution is -0.384. The van der Waals surface area contributed by atoms with Crippen molar-refractivity contribution in [3.63, 3.8) is 0 Å². The fraction of sp³-hybridized carbons (Fsp3) is 0.267. The summed E-state index contributed by atoms with van der Waals surface area (Å²) in [6.45, 7) is 2.46. The van der Waals surface area contributed by atoms with Gasteiger partial charge in [-0.15, -0.1) is 0 Å². The molecule has 1 aromatic carbocycles. The number of benzene rings is 1. The highest BCUT2D eigenvalue weighted by Gasteiger charge is 2.15. The third kappa shape index (κ3) is 3.49. The molecule has 2 aromatic heterocycles. The van der Waals surface area contributed by atoms with Crippen LogP contribution in [0.5, 0.6) is 0 Å². The Morgan fingerprint density at radius 3 is 2.92 bits per heavy atom. The maximum absolute atomic E-state index is 12.3. The van der Waals surface area contributed by atoms with Crippen molar-refractivity contribution in [3.8, 4) is 0 Å². The van der Waals surface area contributed by atoms with Crippen LogP contribution in [0.25, 0.3) is 10.2 Å². The van der Waals surface area contributed by atoms with Crippen molar-refractivity contribution in [1.82, 2.24) is 9.72 Å². The molecule has 0 aliphatic carbocycles. The van der Waals surface area contributed by atoms with Gasteiger partial charge in [0.15, 0.2) is 10.5 Å². The first-order valence-electron chi connectivity index (χ1n) is 7.28. The van der Waals surface area contributed by atoms with Gasteiger partial charge in [0.1, 0.15) is 5.76 Å². The minimum absolute atomic E-state index is 0.0264. The molecule has 0 fully saturated rings. The highest BCUT2D eigenvalue weighted by Crippen LogP contribution is 2.23. The number of nitro benzene ring substituents is 1. The molecule has 0 N–H and O–H groups in total. The quantitative estimate of drug-likeness (QED) is 0.508. The number of fused-ring (bicyclic) bond motifs is 1. The van der Waals surface area contributed by atoms with E-state index in [1.807, 2.05) is 0 Å². The summed E-state index contributed by atoms with van der Waals surface area (Å²) in [5.41, 5.74) is 0.708. The highest BCUT2D eigenvalue weighted by molar-refractivity contribution is 7.16. The van der Waals surface area contributed by atoms with E-state index in [1.54, 1.807) is 24.7 Å². The summed E-state index contributed by atoms with van der Waals surface area (Å²) in [5, 5.41) is 14.7. The Balaban J connectivity index is 2.14. The molecule has 1 amide bonds. The second-order valence-corrected chi connectivity index (χ2v) is 6.19. The van der Waals surface area contributed by atoms with Gasteiger partial charge in [0.05, 0.1) is 21.7 Å². The molecular formula is C15H14N4O5S. The number of carbonyl (C=O) groups is 1. The molecule has 9 nitrogen and oxygen atoms in total. The van der Waals surface area contributed by atoms with Crippen molar-refractivity contribution < 1.29 is 19.0 Å². The van der Waals surface area contributed by atoms with Gasteiger partial charge in [-0.1, -0.05) is 16.5 Å². The van der Waals surface area contributed by atoms with Crippen LogP contribution in [0.4, 0.5) is 5.69 Å². The number of aromatic nitrogens is 2. The summed E-state index contributed by atoms with van der Waals surface area (Å²) in [6.07, 6.45) is 0. The number of nitrogens with zero attached hydrogens (tertiary/aromatic N) is 4. The summed E-state index contributed by atoms with van der Waals surface area (Å²) < 4.78 is 12.5. The molecule has 0 saturated heterocycles. The fourth-order valence-corrected chi connectivity index (χ4v) is 3.30. The van der Waals surface area contributed by atoms with Crippen molar-refractivity contribution in [2.24, 2.45) is 4.99 Å². The molecule has 3 aromatic rings. The lowest BCUT2D eigenvalue weighted by Crippen LogP contribution is -2.19. The number of thiazole rings is 1. The topological polar surface area (TPSA) is 113 Å². The monoisotopic (exact) mass is 362 g/mol. The molecule has 0 aliphatic rings.